The molecule has 1 atom stereocenters. The van der Waals surface area contributed by atoms with Gasteiger partial charge < -0.3 is 15.5 Å². The van der Waals surface area contributed by atoms with Gasteiger partial charge in [0.05, 0.1) is 5.92 Å². The second-order valence-corrected chi connectivity index (χ2v) is 7.81. The van der Waals surface area contributed by atoms with E-state index in [1.807, 2.05) is 58.0 Å². The standard InChI is InChI=1S/C20H25N5O2/c1-13-9-17(22-12-21-13)23-15-5-7-16(8-6-15)24-19(27)14-10-18(26)25(11-14)20(2,3)4/h5-9,12,14H,10-11H2,1-4H3,(H,24,27)(H,21,22,23). The van der Waals surface area contributed by atoms with E-state index >= 15 is 0 Å². The third-order valence-electron chi connectivity index (χ3n) is 4.53. The van der Waals surface area contributed by atoms with Crippen LogP contribution in [0.3, 0.4) is 0 Å². The van der Waals surface area contributed by atoms with Crippen molar-refractivity contribution in [3.8, 4) is 0 Å². The highest BCUT2D eigenvalue weighted by atomic mass is 16.2. The Morgan fingerprint density at radius 2 is 1.81 bits per heavy atom. The average Bonchev–Trinajstić information content (AvgIpc) is 2.99. The van der Waals surface area contributed by atoms with Gasteiger partial charge in [0.2, 0.25) is 11.8 Å². The number of amides is 2. The topological polar surface area (TPSA) is 87.2 Å². The molecule has 1 saturated heterocycles. The molecule has 2 amide bonds. The van der Waals surface area contributed by atoms with E-state index in [1.165, 1.54) is 6.33 Å². The fraction of sp³-hybridized carbons (Fsp3) is 0.400. The summed E-state index contributed by atoms with van der Waals surface area (Å²) in [5.41, 5.74) is 2.18. The summed E-state index contributed by atoms with van der Waals surface area (Å²) in [6.45, 7) is 8.31. The zero-order chi connectivity index (χ0) is 19.6. The molecular weight excluding hydrogens is 342 g/mol. The van der Waals surface area contributed by atoms with Gasteiger partial charge in [0.25, 0.3) is 0 Å². The van der Waals surface area contributed by atoms with E-state index in [1.54, 1.807) is 4.90 Å². The Balaban J connectivity index is 1.60. The van der Waals surface area contributed by atoms with E-state index < -0.39 is 0 Å². The Morgan fingerprint density at radius 3 is 2.41 bits per heavy atom. The van der Waals surface area contributed by atoms with E-state index in [0.717, 1.165) is 11.4 Å². The molecule has 0 bridgehead atoms. The molecule has 1 aromatic carbocycles. The summed E-state index contributed by atoms with van der Waals surface area (Å²) in [5.74, 6) is 0.300. The van der Waals surface area contributed by atoms with Crippen LogP contribution < -0.4 is 10.6 Å². The summed E-state index contributed by atoms with van der Waals surface area (Å²) in [4.78, 5) is 34.7. The number of hydrogen-bond acceptors (Lipinski definition) is 5. The minimum absolute atomic E-state index is 0.0299. The fourth-order valence-electron chi connectivity index (χ4n) is 3.08. The Hall–Kier alpha value is -2.96. The van der Waals surface area contributed by atoms with Crippen LogP contribution >= 0.6 is 0 Å². The number of anilines is 3. The quantitative estimate of drug-likeness (QED) is 0.867. The van der Waals surface area contributed by atoms with Crippen molar-refractivity contribution in [2.45, 2.75) is 39.7 Å². The van der Waals surface area contributed by atoms with Crippen LogP contribution in [0.2, 0.25) is 0 Å². The van der Waals surface area contributed by atoms with Crippen LogP contribution in [0.1, 0.15) is 32.9 Å². The lowest BCUT2D eigenvalue weighted by Crippen LogP contribution is -2.42. The lowest BCUT2D eigenvalue weighted by molar-refractivity contribution is -0.131. The summed E-state index contributed by atoms with van der Waals surface area (Å²) < 4.78 is 0. The molecule has 2 N–H and O–H groups in total. The number of carbonyl (C=O) groups excluding carboxylic acids is 2. The van der Waals surface area contributed by atoms with Gasteiger partial charge in [-0.25, -0.2) is 9.97 Å². The van der Waals surface area contributed by atoms with Gasteiger partial charge in [-0.1, -0.05) is 0 Å². The predicted octanol–water partition coefficient (Wildman–Crippen LogP) is 3.11. The first-order valence-corrected chi connectivity index (χ1v) is 8.99. The van der Waals surface area contributed by atoms with Crippen LogP contribution in [-0.2, 0) is 9.59 Å². The molecule has 142 valence electrons. The lowest BCUT2D eigenvalue weighted by atomic mass is 10.1. The van der Waals surface area contributed by atoms with Gasteiger partial charge in [-0.15, -0.1) is 0 Å². The normalized spacial score (nSPS) is 17.1. The highest BCUT2D eigenvalue weighted by Gasteiger charge is 2.39. The molecule has 2 aromatic rings. The van der Waals surface area contributed by atoms with Gasteiger partial charge in [-0.3, -0.25) is 9.59 Å². The van der Waals surface area contributed by atoms with Crippen molar-refractivity contribution in [1.29, 1.82) is 0 Å². The molecule has 1 aliphatic heterocycles. The van der Waals surface area contributed by atoms with Crippen LogP contribution in [0, 0.1) is 12.8 Å². The molecule has 2 heterocycles. The Labute approximate surface area is 159 Å². The highest BCUT2D eigenvalue weighted by molar-refractivity contribution is 5.97. The first kappa shape index (κ1) is 18.8. The van der Waals surface area contributed by atoms with Gasteiger partial charge in [0, 0.05) is 41.6 Å². The summed E-state index contributed by atoms with van der Waals surface area (Å²) in [6.07, 6.45) is 1.77. The number of likely N-dealkylation sites (tertiary alicyclic amines) is 1. The van der Waals surface area contributed by atoms with Crippen molar-refractivity contribution in [2.24, 2.45) is 5.92 Å². The van der Waals surface area contributed by atoms with Gasteiger partial charge in [0.1, 0.15) is 12.1 Å². The lowest BCUT2D eigenvalue weighted by Gasteiger charge is -2.31. The maximum absolute atomic E-state index is 12.5. The molecule has 1 unspecified atom stereocenters. The van der Waals surface area contributed by atoms with E-state index in [4.69, 9.17) is 0 Å². The molecule has 7 heteroatoms. The van der Waals surface area contributed by atoms with E-state index in [2.05, 4.69) is 20.6 Å². The molecule has 27 heavy (non-hydrogen) atoms. The predicted molar refractivity (Wildman–Crippen MR) is 105 cm³/mol. The number of rotatable bonds is 4. The molecule has 0 saturated carbocycles. The largest absolute Gasteiger partial charge is 0.340 e. The van der Waals surface area contributed by atoms with Crippen LogP contribution in [-0.4, -0.2) is 38.8 Å². The average molecular weight is 367 g/mol. The minimum atomic E-state index is -0.321. The van der Waals surface area contributed by atoms with Crippen molar-refractivity contribution >= 4 is 29.0 Å². The molecule has 7 nitrogen and oxygen atoms in total. The van der Waals surface area contributed by atoms with Crippen molar-refractivity contribution < 1.29 is 9.59 Å². The first-order valence-electron chi connectivity index (χ1n) is 8.99. The number of aromatic nitrogens is 2. The van der Waals surface area contributed by atoms with Crippen LogP contribution in [0.25, 0.3) is 0 Å². The minimum Gasteiger partial charge on any atom is -0.340 e. The molecule has 3 rings (SSSR count). The fourth-order valence-corrected chi connectivity index (χ4v) is 3.08. The van der Waals surface area contributed by atoms with Gasteiger partial charge in [-0.2, -0.15) is 0 Å². The van der Waals surface area contributed by atoms with Crippen molar-refractivity contribution in [3.05, 3.63) is 42.4 Å². The number of carbonyl (C=O) groups is 2. The molecule has 0 radical (unpaired) electrons. The zero-order valence-electron chi connectivity index (χ0n) is 16.1. The van der Waals surface area contributed by atoms with Crippen LogP contribution in [0.5, 0.6) is 0 Å². The third kappa shape index (κ3) is 4.61. The monoisotopic (exact) mass is 367 g/mol. The van der Waals surface area contributed by atoms with E-state index in [-0.39, 0.29) is 29.7 Å². The molecule has 1 fully saturated rings. The zero-order valence-corrected chi connectivity index (χ0v) is 16.1. The Morgan fingerprint density at radius 1 is 1.15 bits per heavy atom. The molecule has 1 aromatic heterocycles. The maximum Gasteiger partial charge on any atom is 0.229 e. The molecule has 1 aliphatic rings. The van der Waals surface area contributed by atoms with Crippen LogP contribution in [0.4, 0.5) is 17.2 Å². The second kappa shape index (κ2) is 7.34. The van der Waals surface area contributed by atoms with E-state index in [9.17, 15) is 9.59 Å². The number of nitrogens with zero attached hydrogens (tertiary/aromatic N) is 3. The number of hydrogen-bond donors (Lipinski definition) is 2. The maximum atomic E-state index is 12.5. The summed E-state index contributed by atoms with van der Waals surface area (Å²) in [7, 11) is 0. The molecule has 0 aliphatic carbocycles. The number of aryl methyl sites for hydroxylation is 1. The summed E-state index contributed by atoms with van der Waals surface area (Å²) >= 11 is 0. The third-order valence-corrected chi connectivity index (χ3v) is 4.53. The SMILES string of the molecule is Cc1cc(Nc2ccc(NC(=O)C3CC(=O)N(C(C)(C)C)C3)cc2)ncn1. The Kier molecular flexibility index (Phi) is 5.12. The van der Waals surface area contributed by atoms with Crippen molar-refractivity contribution in [2.75, 3.05) is 17.2 Å². The highest BCUT2D eigenvalue weighted by Crippen LogP contribution is 2.27. The smallest absolute Gasteiger partial charge is 0.229 e. The number of benzene rings is 1. The number of nitrogens with one attached hydrogen (secondary N) is 2. The summed E-state index contributed by atoms with van der Waals surface area (Å²) in [6, 6.07) is 9.25. The van der Waals surface area contributed by atoms with Crippen molar-refractivity contribution in [3.63, 3.8) is 0 Å². The summed E-state index contributed by atoms with van der Waals surface area (Å²) in [5, 5.41) is 6.10. The van der Waals surface area contributed by atoms with E-state index in [0.29, 0.717) is 18.1 Å². The van der Waals surface area contributed by atoms with Gasteiger partial charge >= 0.3 is 0 Å². The molecule has 0 spiro atoms. The van der Waals surface area contributed by atoms with Crippen LogP contribution in [0.15, 0.2) is 36.7 Å². The second-order valence-electron chi connectivity index (χ2n) is 7.81. The molecular formula is C20H25N5O2. The first-order chi connectivity index (χ1) is 12.7. The Bertz CT molecular complexity index is 842. The van der Waals surface area contributed by atoms with Gasteiger partial charge in [0.15, 0.2) is 0 Å². The van der Waals surface area contributed by atoms with Crippen molar-refractivity contribution in [1.82, 2.24) is 14.9 Å². The van der Waals surface area contributed by atoms with Gasteiger partial charge in [-0.05, 0) is 52.0 Å².